The van der Waals surface area contributed by atoms with Crippen LogP contribution in [0.3, 0.4) is 0 Å². The summed E-state index contributed by atoms with van der Waals surface area (Å²) in [5, 5.41) is 5.51. The summed E-state index contributed by atoms with van der Waals surface area (Å²) >= 11 is 0. The highest BCUT2D eigenvalue weighted by Crippen LogP contribution is 2.59. The van der Waals surface area contributed by atoms with Gasteiger partial charge in [0.1, 0.15) is 11.8 Å². The Balaban J connectivity index is 1.14. The minimum atomic E-state index is -0.858. The molecule has 0 aromatic heterocycles. The molecule has 2 N–H and O–H groups in total. The molecular formula is C24H32N2O5. The molecule has 4 fully saturated rings. The second-order valence-electron chi connectivity index (χ2n) is 9.69. The number of esters is 1. The van der Waals surface area contributed by atoms with E-state index in [-0.39, 0.29) is 24.5 Å². The van der Waals surface area contributed by atoms with E-state index in [4.69, 9.17) is 9.47 Å². The maximum atomic E-state index is 12.2. The zero-order chi connectivity index (χ0) is 21.8. The van der Waals surface area contributed by atoms with Gasteiger partial charge in [-0.15, -0.1) is 0 Å². The van der Waals surface area contributed by atoms with Crippen LogP contribution in [-0.2, 0) is 19.1 Å². The molecule has 31 heavy (non-hydrogen) atoms. The molecule has 0 radical (unpaired) electrons. The molecule has 4 saturated carbocycles. The van der Waals surface area contributed by atoms with Crippen LogP contribution in [0.15, 0.2) is 30.3 Å². The van der Waals surface area contributed by atoms with E-state index >= 15 is 0 Å². The quantitative estimate of drug-likeness (QED) is 0.590. The monoisotopic (exact) mass is 428 g/mol. The molecule has 0 heterocycles. The zero-order valence-electron chi connectivity index (χ0n) is 18.1. The van der Waals surface area contributed by atoms with Crippen LogP contribution in [0.2, 0.25) is 0 Å². The van der Waals surface area contributed by atoms with Gasteiger partial charge in [-0.3, -0.25) is 9.59 Å². The van der Waals surface area contributed by atoms with Crippen molar-refractivity contribution >= 4 is 17.8 Å². The molecule has 0 unspecified atom stereocenters. The maximum Gasteiger partial charge on any atom is 0.328 e. The minimum Gasteiger partial charge on any atom is -0.484 e. The Labute approximate surface area is 183 Å². The molecule has 2 amide bonds. The Morgan fingerprint density at radius 2 is 1.58 bits per heavy atom. The standard InChI is InChI=1S/C24H32N2O5/c1-16(26-22(28)14-30-20-5-3-2-4-6-20)23(29)31-13-21(27)25-15-24-10-17-7-18(11-24)9-19(8-17)12-24/h2-6,16-19H,7-15H2,1H3,(H,25,27)(H,26,28)/t16-,17?,18?,19?,24?/m0/s1. The number of hydrogen-bond acceptors (Lipinski definition) is 5. The SMILES string of the molecule is C[C@H](NC(=O)COc1ccccc1)C(=O)OCC(=O)NCC12CC3CC(CC(C3)C1)C2. The van der Waals surface area contributed by atoms with Crippen LogP contribution in [0.25, 0.3) is 0 Å². The second-order valence-corrected chi connectivity index (χ2v) is 9.69. The van der Waals surface area contributed by atoms with Crippen LogP contribution < -0.4 is 15.4 Å². The topological polar surface area (TPSA) is 93.7 Å². The molecule has 5 rings (SSSR count). The van der Waals surface area contributed by atoms with Crippen LogP contribution in [0.5, 0.6) is 5.75 Å². The van der Waals surface area contributed by atoms with Crippen molar-refractivity contribution in [3.05, 3.63) is 30.3 Å². The lowest BCUT2D eigenvalue weighted by Crippen LogP contribution is -2.51. The third-order valence-corrected chi connectivity index (χ3v) is 7.02. The van der Waals surface area contributed by atoms with Crippen molar-refractivity contribution in [2.24, 2.45) is 23.2 Å². The third kappa shape index (κ3) is 5.57. The van der Waals surface area contributed by atoms with E-state index in [0.717, 1.165) is 17.8 Å². The van der Waals surface area contributed by atoms with Gasteiger partial charge in [-0.1, -0.05) is 18.2 Å². The number of nitrogens with one attached hydrogen (secondary N) is 2. The fourth-order valence-corrected chi connectivity index (χ4v) is 6.11. The van der Waals surface area contributed by atoms with E-state index < -0.39 is 17.9 Å². The average molecular weight is 429 g/mol. The second kappa shape index (κ2) is 9.28. The van der Waals surface area contributed by atoms with Gasteiger partial charge in [0.25, 0.3) is 11.8 Å². The molecule has 4 aliphatic carbocycles. The molecule has 0 saturated heterocycles. The van der Waals surface area contributed by atoms with Gasteiger partial charge in [0, 0.05) is 6.54 Å². The molecule has 168 valence electrons. The molecule has 4 bridgehead atoms. The molecule has 7 nitrogen and oxygen atoms in total. The van der Waals surface area contributed by atoms with E-state index in [1.807, 2.05) is 18.2 Å². The summed E-state index contributed by atoms with van der Waals surface area (Å²) in [6.45, 7) is 1.67. The minimum absolute atomic E-state index is 0.201. The first-order valence-corrected chi connectivity index (χ1v) is 11.3. The molecule has 7 heteroatoms. The third-order valence-electron chi connectivity index (χ3n) is 7.02. The fraction of sp³-hybridized carbons (Fsp3) is 0.625. The highest BCUT2D eigenvalue weighted by Gasteiger charge is 2.50. The van der Waals surface area contributed by atoms with Crippen LogP contribution >= 0.6 is 0 Å². The van der Waals surface area contributed by atoms with Gasteiger partial charge in [-0.2, -0.15) is 0 Å². The fourth-order valence-electron chi connectivity index (χ4n) is 6.11. The van der Waals surface area contributed by atoms with Gasteiger partial charge < -0.3 is 20.1 Å². The van der Waals surface area contributed by atoms with Gasteiger partial charge in [-0.05, 0) is 80.8 Å². The molecule has 1 aromatic rings. The Kier molecular flexibility index (Phi) is 6.49. The van der Waals surface area contributed by atoms with Crippen molar-refractivity contribution in [1.82, 2.24) is 10.6 Å². The lowest BCUT2D eigenvalue weighted by Gasteiger charge is -2.56. The van der Waals surface area contributed by atoms with Gasteiger partial charge in [0.15, 0.2) is 13.2 Å². The van der Waals surface area contributed by atoms with Crippen molar-refractivity contribution in [2.75, 3.05) is 19.8 Å². The van der Waals surface area contributed by atoms with E-state index in [0.29, 0.717) is 12.3 Å². The Hall–Kier alpha value is -2.57. The van der Waals surface area contributed by atoms with Crippen molar-refractivity contribution < 1.29 is 23.9 Å². The van der Waals surface area contributed by atoms with Crippen LogP contribution in [0.1, 0.15) is 45.4 Å². The summed E-state index contributed by atoms with van der Waals surface area (Å²) in [6.07, 6.45) is 7.74. The number of para-hydroxylation sites is 1. The smallest absolute Gasteiger partial charge is 0.328 e. The summed E-state index contributed by atoms with van der Waals surface area (Å²) in [6, 6.07) is 8.09. The zero-order valence-corrected chi connectivity index (χ0v) is 18.1. The van der Waals surface area contributed by atoms with Crippen molar-refractivity contribution in [1.29, 1.82) is 0 Å². The molecule has 0 aliphatic heterocycles. The number of carbonyl (C=O) groups is 3. The predicted octanol–water partition coefficient (Wildman–Crippen LogP) is 2.45. The first-order valence-electron chi connectivity index (χ1n) is 11.3. The maximum absolute atomic E-state index is 12.2. The molecular weight excluding hydrogens is 396 g/mol. The number of rotatable bonds is 9. The largest absolute Gasteiger partial charge is 0.484 e. The summed E-state index contributed by atoms with van der Waals surface area (Å²) < 4.78 is 10.4. The lowest BCUT2D eigenvalue weighted by atomic mass is 9.49. The van der Waals surface area contributed by atoms with E-state index in [9.17, 15) is 14.4 Å². The Bertz CT molecular complexity index is 774. The summed E-state index contributed by atoms with van der Waals surface area (Å²) in [5.41, 5.74) is 0.244. The summed E-state index contributed by atoms with van der Waals surface area (Å²) in [5.74, 6) is 1.71. The Morgan fingerprint density at radius 1 is 0.968 bits per heavy atom. The van der Waals surface area contributed by atoms with Crippen molar-refractivity contribution in [3.8, 4) is 5.75 Å². The van der Waals surface area contributed by atoms with Gasteiger partial charge >= 0.3 is 5.97 Å². The molecule has 1 aromatic carbocycles. The summed E-state index contributed by atoms with van der Waals surface area (Å²) in [7, 11) is 0. The number of ether oxygens (including phenoxy) is 2. The number of carbonyl (C=O) groups excluding carboxylic acids is 3. The highest BCUT2D eigenvalue weighted by atomic mass is 16.5. The first-order chi connectivity index (χ1) is 14.9. The van der Waals surface area contributed by atoms with E-state index in [2.05, 4.69) is 10.6 Å². The predicted molar refractivity (Wildman–Crippen MR) is 114 cm³/mol. The van der Waals surface area contributed by atoms with Crippen LogP contribution in [0, 0.1) is 23.2 Å². The first kappa shape index (κ1) is 21.7. The number of hydrogen-bond donors (Lipinski definition) is 2. The summed E-state index contributed by atoms with van der Waals surface area (Å²) in [4.78, 5) is 36.3. The molecule has 4 aliphatic rings. The van der Waals surface area contributed by atoms with Crippen molar-refractivity contribution in [2.45, 2.75) is 51.5 Å². The van der Waals surface area contributed by atoms with E-state index in [1.165, 1.54) is 45.4 Å². The van der Waals surface area contributed by atoms with Crippen molar-refractivity contribution in [3.63, 3.8) is 0 Å². The molecule has 1 atom stereocenters. The van der Waals surface area contributed by atoms with Gasteiger partial charge in [-0.25, -0.2) is 4.79 Å². The highest BCUT2D eigenvalue weighted by molar-refractivity contribution is 5.86. The Morgan fingerprint density at radius 3 is 2.19 bits per heavy atom. The van der Waals surface area contributed by atoms with E-state index in [1.54, 1.807) is 12.1 Å². The normalized spacial score (nSPS) is 29.1. The number of benzene rings is 1. The van der Waals surface area contributed by atoms with Crippen LogP contribution in [-0.4, -0.2) is 43.6 Å². The van der Waals surface area contributed by atoms with Gasteiger partial charge in [0.05, 0.1) is 0 Å². The van der Waals surface area contributed by atoms with Gasteiger partial charge in [0.2, 0.25) is 0 Å². The number of amides is 2. The lowest BCUT2D eigenvalue weighted by molar-refractivity contribution is -0.151. The average Bonchev–Trinajstić information content (AvgIpc) is 2.74. The molecule has 0 spiro atoms. The van der Waals surface area contributed by atoms with Crippen LogP contribution in [0.4, 0.5) is 0 Å².